The molecule has 0 unspecified atom stereocenters. The fraction of sp³-hybridized carbons (Fsp3) is 0.238. The molecule has 2 aromatic rings. The van der Waals surface area contributed by atoms with E-state index in [9.17, 15) is 19.2 Å². The van der Waals surface area contributed by atoms with Gasteiger partial charge < -0.3 is 10.2 Å². The topological polar surface area (TPSA) is 86.8 Å². The number of hydrogen-bond donors (Lipinski definition) is 1. The zero-order valence-electron chi connectivity index (χ0n) is 15.3. The van der Waals surface area contributed by atoms with Crippen LogP contribution in [0.3, 0.4) is 0 Å². The van der Waals surface area contributed by atoms with E-state index < -0.39 is 17.8 Å². The second kappa shape index (κ2) is 8.94. The van der Waals surface area contributed by atoms with Gasteiger partial charge in [-0.15, -0.1) is 0 Å². The van der Waals surface area contributed by atoms with E-state index in [2.05, 4.69) is 5.32 Å². The number of benzene rings is 2. The highest BCUT2D eigenvalue weighted by Gasteiger charge is 2.36. The van der Waals surface area contributed by atoms with Crippen molar-refractivity contribution in [1.29, 1.82) is 0 Å². The summed E-state index contributed by atoms with van der Waals surface area (Å²) in [6.07, 6.45) is 2.45. The molecule has 0 atom stereocenters. The van der Waals surface area contributed by atoms with Crippen molar-refractivity contribution >= 4 is 29.8 Å². The normalized spacial score (nSPS) is 14.1. The minimum absolute atomic E-state index is 0.0244. The van der Waals surface area contributed by atoms with E-state index in [1.165, 1.54) is 4.90 Å². The van der Waals surface area contributed by atoms with Gasteiger partial charge in [-0.05, 0) is 23.6 Å². The van der Waals surface area contributed by atoms with E-state index in [1.807, 2.05) is 30.3 Å². The summed E-state index contributed by atoms with van der Waals surface area (Å²) < 4.78 is 0. The number of imide groups is 1. The number of nitrogens with zero attached hydrogens (tertiary/aromatic N) is 2. The third-order valence-electron chi connectivity index (χ3n) is 4.59. The van der Waals surface area contributed by atoms with Gasteiger partial charge in [0.1, 0.15) is 0 Å². The summed E-state index contributed by atoms with van der Waals surface area (Å²) >= 11 is 0. The quantitative estimate of drug-likeness (QED) is 0.777. The maximum atomic E-state index is 12.5. The van der Waals surface area contributed by atoms with Crippen molar-refractivity contribution in [2.75, 3.05) is 25.0 Å². The number of amides is 4. The van der Waals surface area contributed by atoms with E-state index in [-0.39, 0.29) is 19.5 Å². The van der Waals surface area contributed by atoms with Crippen LogP contribution in [0.4, 0.5) is 10.5 Å². The molecule has 28 heavy (non-hydrogen) atoms. The molecule has 0 saturated carbocycles. The van der Waals surface area contributed by atoms with Crippen LogP contribution in [0.15, 0.2) is 54.6 Å². The van der Waals surface area contributed by atoms with Crippen LogP contribution in [-0.2, 0) is 27.2 Å². The maximum Gasteiger partial charge on any atom is 0.329 e. The van der Waals surface area contributed by atoms with Crippen molar-refractivity contribution in [3.05, 3.63) is 65.7 Å². The van der Waals surface area contributed by atoms with Crippen LogP contribution < -0.4 is 5.32 Å². The Balaban J connectivity index is 1.61. The molecule has 143 valence electrons. The predicted molar refractivity (Wildman–Crippen MR) is 103 cm³/mol. The van der Waals surface area contributed by atoms with Gasteiger partial charge >= 0.3 is 17.8 Å². The van der Waals surface area contributed by atoms with Gasteiger partial charge in [0.2, 0.25) is 6.29 Å². The number of para-hydroxylation sites is 1. The first-order valence-corrected chi connectivity index (χ1v) is 8.98. The van der Waals surface area contributed by atoms with Gasteiger partial charge in [-0.3, -0.25) is 19.3 Å². The third kappa shape index (κ3) is 4.43. The van der Waals surface area contributed by atoms with Gasteiger partial charge in [0.05, 0.1) is 0 Å². The van der Waals surface area contributed by atoms with Crippen LogP contribution in [0, 0.1) is 0 Å². The lowest BCUT2D eigenvalue weighted by Gasteiger charge is -2.32. The zero-order chi connectivity index (χ0) is 19.9. The van der Waals surface area contributed by atoms with Gasteiger partial charge in [0.25, 0.3) is 0 Å². The van der Waals surface area contributed by atoms with Crippen LogP contribution in [0.25, 0.3) is 0 Å². The molecule has 3 rings (SSSR count). The molecule has 0 spiro atoms. The minimum Gasteiger partial charge on any atom is -0.332 e. The second-order valence-corrected chi connectivity index (χ2v) is 6.39. The molecule has 1 fully saturated rings. The van der Waals surface area contributed by atoms with Crippen LogP contribution in [0.2, 0.25) is 0 Å². The fourth-order valence-corrected chi connectivity index (χ4v) is 3.05. The Bertz CT molecular complexity index is 882. The van der Waals surface area contributed by atoms with Gasteiger partial charge in [0.15, 0.2) is 0 Å². The second-order valence-electron chi connectivity index (χ2n) is 6.39. The Hall–Kier alpha value is -3.48. The maximum absolute atomic E-state index is 12.5. The van der Waals surface area contributed by atoms with E-state index in [1.54, 1.807) is 30.6 Å². The lowest BCUT2D eigenvalue weighted by Crippen LogP contribution is -2.57. The van der Waals surface area contributed by atoms with Crippen molar-refractivity contribution < 1.29 is 19.2 Å². The SMILES string of the molecule is O=[C]Cc1ccccc1NC(=O)N1CCN(CCc2ccccc2)C(=O)C1=O. The Morgan fingerprint density at radius 1 is 0.964 bits per heavy atom. The standard InChI is InChI=1S/C21H20N3O4/c25-15-11-17-8-4-5-9-18(17)22-21(28)24-14-13-23(19(26)20(24)27)12-10-16-6-2-1-3-7-16/h1-9H,10-14H2,(H,22,28). The monoisotopic (exact) mass is 378 g/mol. The molecule has 1 aliphatic rings. The van der Waals surface area contributed by atoms with Crippen LogP contribution in [0.5, 0.6) is 0 Å². The fourth-order valence-electron chi connectivity index (χ4n) is 3.05. The highest BCUT2D eigenvalue weighted by Crippen LogP contribution is 2.17. The van der Waals surface area contributed by atoms with Crippen molar-refractivity contribution in [3.63, 3.8) is 0 Å². The summed E-state index contributed by atoms with van der Waals surface area (Å²) in [7, 11) is 0. The Kier molecular flexibility index (Phi) is 6.16. The molecule has 7 nitrogen and oxygen atoms in total. The van der Waals surface area contributed by atoms with Gasteiger partial charge in [-0.25, -0.2) is 4.79 Å². The average Bonchev–Trinajstić information content (AvgIpc) is 2.71. The van der Waals surface area contributed by atoms with Gasteiger partial charge in [-0.1, -0.05) is 48.5 Å². The minimum atomic E-state index is -0.851. The number of piperazine rings is 1. The number of carbonyl (C=O) groups is 3. The number of nitrogens with one attached hydrogen (secondary N) is 1. The molecular formula is C21H20N3O4. The van der Waals surface area contributed by atoms with Gasteiger partial charge in [0, 0.05) is 31.7 Å². The number of urea groups is 1. The van der Waals surface area contributed by atoms with Crippen molar-refractivity contribution in [1.82, 2.24) is 9.80 Å². The molecule has 0 aromatic heterocycles. The summed E-state index contributed by atoms with van der Waals surface area (Å²) in [5.41, 5.74) is 2.08. The third-order valence-corrected chi connectivity index (χ3v) is 4.59. The number of rotatable bonds is 6. The zero-order valence-corrected chi connectivity index (χ0v) is 15.3. The lowest BCUT2D eigenvalue weighted by molar-refractivity contribution is -0.153. The van der Waals surface area contributed by atoms with Crippen LogP contribution >= 0.6 is 0 Å². The van der Waals surface area contributed by atoms with E-state index >= 15 is 0 Å². The highest BCUT2D eigenvalue weighted by atomic mass is 16.2. The van der Waals surface area contributed by atoms with E-state index in [0.29, 0.717) is 24.2 Å². The molecule has 1 heterocycles. The molecule has 7 heteroatoms. The molecule has 1 radical (unpaired) electrons. The van der Waals surface area contributed by atoms with E-state index in [4.69, 9.17) is 0 Å². The first-order chi connectivity index (χ1) is 13.6. The van der Waals surface area contributed by atoms with Gasteiger partial charge in [-0.2, -0.15) is 0 Å². The summed E-state index contributed by atoms with van der Waals surface area (Å²) in [5, 5.41) is 2.61. The lowest BCUT2D eigenvalue weighted by atomic mass is 10.1. The van der Waals surface area contributed by atoms with Crippen molar-refractivity contribution in [2.24, 2.45) is 0 Å². The Labute approximate surface area is 162 Å². The first kappa shape index (κ1) is 19.3. The highest BCUT2D eigenvalue weighted by molar-refractivity contribution is 6.38. The molecule has 1 aliphatic heterocycles. The van der Waals surface area contributed by atoms with Crippen molar-refractivity contribution in [3.8, 4) is 0 Å². The average molecular weight is 378 g/mol. The molecule has 0 bridgehead atoms. The number of carbonyl (C=O) groups excluding carboxylic acids is 4. The molecule has 0 aliphatic carbocycles. The van der Waals surface area contributed by atoms with Crippen molar-refractivity contribution in [2.45, 2.75) is 12.8 Å². The van der Waals surface area contributed by atoms with Crippen LogP contribution in [0.1, 0.15) is 11.1 Å². The molecule has 2 aromatic carbocycles. The summed E-state index contributed by atoms with van der Waals surface area (Å²) in [4.78, 5) is 50.3. The number of anilines is 1. The number of hydrogen-bond acceptors (Lipinski definition) is 4. The Morgan fingerprint density at radius 3 is 2.43 bits per heavy atom. The summed E-state index contributed by atoms with van der Waals surface area (Å²) in [5.74, 6) is -1.54. The molecular weight excluding hydrogens is 358 g/mol. The molecule has 1 N–H and O–H groups in total. The molecule has 1 saturated heterocycles. The van der Waals surface area contributed by atoms with E-state index in [0.717, 1.165) is 10.5 Å². The largest absolute Gasteiger partial charge is 0.332 e. The van der Waals surface area contributed by atoms with Crippen LogP contribution in [-0.4, -0.2) is 53.6 Å². The molecule has 4 amide bonds. The Morgan fingerprint density at radius 2 is 1.68 bits per heavy atom. The first-order valence-electron chi connectivity index (χ1n) is 8.98. The summed E-state index contributed by atoms with van der Waals surface area (Å²) in [6, 6.07) is 15.8. The predicted octanol–water partition coefficient (Wildman–Crippen LogP) is 1.78. The summed E-state index contributed by atoms with van der Waals surface area (Å²) in [6.45, 7) is 0.823. The smallest absolute Gasteiger partial charge is 0.329 e.